The van der Waals surface area contributed by atoms with Crippen LogP contribution >= 0.6 is 0 Å². The van der Waals surface area contributed by atoms with E-state index in [1.165, 1.54) is 0 Å². The molecule has 1 radical (unpaired) electrons. The van der Waals surface area contributed by atoms with Crippen molar-refractivity contribution in [2.75, 3.05) is 0 Å². The monoisotopic (exact) mass is 167 g/mol. The summed E-state index contributed by atoms with van der Waals surface area (Å²) in [6, 6.07) is 0. The average molecular weight is 167 g/mol. The van der Waals surface area contributed by atoms with Gasteiger partial charge in [0.25, 0.3) is 0 Å². The number of imidazole rings is 1. The fraction of sp³-hybridized carbons (Fsp3) is 0.500. The number of carboxylic acids is 1. The quantitative estimate of drug-likeness (QED) is 0.709. The van der Waals surface area contributed by atoms with E-state index in [1.54, 1.807) is 0 Å². The molecule has 0 spiro atoms. The van der Waals surface area contributed by atoms with E-state index in [4.69, 9.17) is 5.11 Å². The van der Waals surface area contributed by atoms with Crippen LogP contribution in [0.4, 0.5) is 0 Å². The van der Waals surface area contributed by atoms with Crippen LogP contribution in [0.25, 0.3) is 0 Å². The molecule has 0 unspecified atom stereocenters. The van der Waals surface area contributed by atoms with Gasteiger partial charge in [0.15, 0.2) is 5.69 Å². The first-order valence-electron chi connectivity index (χ1n) is 3.94. The molecule has 0 saturated heterocycles. The smallest absolute Gasteiger partial charge is 0.356 e. The van der Waals surface area contributed by atoms with Crippen LogP contribution in [0.1, 0.15) is 36.1 Å². The Kier molecular flexibility index (Phi) is 2.85. The van der Waals surface area contributed by atoms with Crippen LogP contribution in [0.2, 0.25) is 0 Å². The van der Waals surface area contributed by atoms with Crippen LogP contribution in [-0.2, 0) is 6.42 Å². The molecule has 0 fully saturated rings. The summed E-state index contributed by atoms with van der Waals surface area (Å²) in [6.07, 6.45) is 5.36. The van der Waals surface area contributed by atoms with Crippen LogP contribution in [0, 0.1) is 6.20 Å². The van der Waals surface area contributed by atoms with E-state index in [1.807, 2.05) is 0 Å². The fourth-order valence-corrected chi connectivity index (χ4v) is 0.886. The third kappa shape index (κ3) is 2.08. The van der Waals surface area contributed by atoms with Gasteiger partial charge in [-0.25, -0.2) is 9.78 Å². The van der Waals surface area contributed by atoms with E-state index in [2.05, 4.69) is 23.1 Å². The highest BCUT2D eigenvalue weighted by Gasteiger charge is 2.07. The molecule has 0 aliphatic rings. The maximum atomic E-state index is 10.4. The van der Waals surface area contributed by atoms with Crippen LogP contribution in [0.5, 0.6) is 0 Å². The number of carboxylic acid groups (broad SMARTS) is 1. The van der Waals surface area contributed by atoms with Crippen molar-refractivity contribution in [2.24, 2.45) is 0 Å². The summed E-state index contributed by atoms with van der Waals surface area (Å²) in [5.41, 5.74) is -0.0268. The van der Waals surface area contributed by atoms with Gasteiger partial charge in [0.2, 0.25) is 0 Å². The van der Waals surface area contributed by atoms with Crippen molar-refractivity contribution in [1.82, 2.24) is 9.97 Å². The number of rotatable bonds is 4. The highest BCUT2D eigenvalue weighted by atomic mass is 16.4. The second-order valence-electron chi connectivity index (χ2n) is 2.57. The molecule has 65 valence electrons. The number of nitrogens with zero attached hydrogens (tertiary/aromatic N) is 1. The standard InChI is InChI=1S/C8H11N2O2/c1-2-3-4-7-9-5-6(10-7)8(11)12/h2-4H2,1H3,(H,9,10)(H,11,12). The van der Waals surface area contributed by atoms with Gasteiger partial charge in [-0.2, -0.15) is 0 Å². The van der Waals surface area contributed by atoms with Crippen molar-refractivity contribution >= 4 is 5.97 Å². The molecule has 1 aromatic rings. The molecule has 0 bridgehead atoms. The van der Waals surface area contributed by atoms with E-state index in [9.17, 15) is 4.79 Å². The number of aromatic nitrogens is 2. The Morgan fingerprint density at radius 3 is 3.00 bits per heavy atom. The molecule has 0 aliphatic carbocycles. The number of hydrogen-bond donors (Lipinski definition) is 2. The van der Waals surface area contributed by atoms with Crippen molar-refractivity contribution < 1.29 is 9.90 Å². The van der Waals surface area contributed by atoms with E-state index in [0.29, 0.717) is 5.82 Å². The Morgan fingerprint density at radius 2 is 2.50 bits per heavy atom. The minimum atomic E-state index is -1.03. The molecule has 1 heterocycles. The molecule has 0 aliphatic heterocycles. The lowest BCUT2D eigenvalue weighted by Crippen LogP contribution is -1.96. The average Bonchev–Trinajstić information content (AvgIpc) is 2.48. The zero-order valence-electron chi connectivity index (χ0n) is 6.92. The van der Waals surface area contributed by atoms with E-state index in [-0.39, 0.29) is 5.69 Å². The zero-order chi connectivity index (χ0) is 8.97. The molecule has 0 amide bonds. The first-order chi connectivity index (χ1) is 5.74. The lowest BCUT2D eigenvalue weighted by molar-refractivity contribution is 0.0690. The van der Waals surface area contributed by atoms with Gasteiger partial charge in [-0.1, -0.05) is 13.3 Å². The van der Waals surface area contributed by atoms with Gasteiger partial charge in [-0.05, 0) is 6.42 Å². The van der Waals surface area contributed by atoms with Gasteiger partial charge in [0, 0.05) is 6.42 Å². The van der Waals surface area contributed by atoms with Crippen LogP contribution in [0.15, 0.2) is 0 Å². The molecule has 1 aromatic heterocycles. The predicted molar refractivity (Wildman–Crippen MR) is 43.0 cm³/mol. The first kappa shape index (κ1) is 8.77. The Bertz CT molecular complexity index is 268. The molecular formula is C8H11N2O2. The normalized spacial score (nSPS) is 10.1. The second-order valence-corrected chi connectivity index (χ2v) is 2.57. The minimum absolute atomic E-state index is 0.0268. The number of unbranched alkanes of at least 4 members (excludes halogenated alkanes) is 1. The molecule has 0 atom stereocenters. The van der Waals surface area contributed by atoms with Crippen molar-refractivity contribution in [2.45, 2.75) is 26.2 Å². The third-order valence-corrected chi connectivity index (χ3v) is 1.54. The minimum Gasteiger partial charge on any atom is -0.476 e. The van der Waals surface area contributed by atoms with Crippen LogP contribution in [-0.4, -0.2) is 21.0 Å². The first-order valence-corrected chi connectivity index (χ1v) is 3.94. The topological polar surface area (TPSA) is 66.0 Å². The number of carbonyl (C=O) groups is 1. The van der Waals surface area contributed by atoms with Gasteiger partial charge < -0.3 is 10.1 Å². The maximum Gasteiger partial charge on any atom is 0.356 e. The molecule has 0 aromatic carbocycles. The molecule has 4 heteroatoms. The van der Waals surface area contributed by atoms with Gasteiger partial charge in [-0.15, -0.1) is 0 Å². The van der Waals surface area contributed by atoms with Gasteiger partial charge in [0.1, 0.15) is 5.82 Å². The number of nitrogens with one attached hydrogen (secondary N) is 1. The molecule has 12 heavy (non-hydrogen) atoms. The van der Waals surface area contributed by atoms with Crippen LogP contribution in [0.3, 0.4) is 0 Å². The van der Waals surface area contributed by atoms with E-state index >= 15 is 0 Å². The number of aryl methyl sites for hydroxylation is 1. The Morgan fingerprint density at radius 1 is 1.75 bits per heavy atom. The maximum absolute atomic E-state index is 10.4. The lowest BCUT2D eigenvalue weighted by atomic mass is 10.2. The fourth-order valence-electron chi connectivity index (χ4n) is 0.886. The third-order valence-electron chi connectivity index (χ3n) is 1.54. The molecular weight excluding hydrogens is 156 g/mol. The largest absolute Gasteiger partial charge is 0.476 e. The molecule has 0 saturated carbocycles. The molecule has 4 nitrogen and oxygen atoms in total. The van der Waals surface area contributed by atoms with Crippen molar-refractivity contribution in [3.05, 3.63) is 17.7 Å². The number of aromatic carboxylic acids is 1. The SMILES string of the molecule is CCCCc1nc(C(=O)O)[c][nH]1. The second kappa shape index (κ2) is 3.90. The number of H-pyrrole nitrogens is 1. The highest BCUT2D eigenvalue weighted by Crippen LogP contribution is 2.00. The van der Waals surface area contributed by atoms with Gasteiger partial charge in [0.05, 0.1) is 6.20 Å². The Hall–Kier alpha value is -1.32. The number of hydrogen-bond acceptors (Lipinski definition) is 2. The summed E-state index contributed by atoms with van der Waals surface area (Å²) >= 11 is 0. The van der Waals surface area contributed by atoms with Crippen molar-refractivity contribution in [1.29, 1.82) is 0 Å². The summed E-state index contributed by atoms with van der Waals surface area (Å²) in [5.74, 6) is -0.330. The summed E-state index contributed by atoms with van der Waals surface area (Å²) < 4.78 is 0. The van der Waals surface area contributed by atoms with Gasteiger partial charge >= 0.3 is 5.97 Å². The summed E-state index contributed by atoms with van der Waals surface area (Å²) in [6.45, 7) is 2.07. The summed E-state index contributed by atoms with van der Waals surface area (Å²) in [7, 11) is 0. The summed E-state index contributed by atoms with van der Waals surface area (Å²) in [5, 5.41) is 8.51. The van der Waals surface area contributed by atoms with Gasteiger partial charge in [-0.3, -0.25) is 0 Å². The van der Waals surface area contributed by atoms with E-state index in [0.717, 1.165) is 19.3 Å². The molecule has 2 N–H and O–H groups in total. The predicted octanol–water partition coefficient (Wildman–Crippen LogP) is 1.25. The number of aromatic amines is 1. The summed E-state index contributed by atoms with van der Waals surface area (Å²) in [4.78, 5) is 16.9. The Balaban J connectivity index is 2.58. The van der Waals surface area contributed by atoms with Crippen LogP contribution < -0.4 is 0 Å². The Labute approximate surface area is 70.6 Å². The zero-order valence-corrected chi connectivity index (χ0v) is 6.92. The van der Waals surface area contributed by atoms with Crippen molar-refractivity contribution in [3.8, 4) is 0 Å². The van der Waals surface area contributed by atoms with Crippen molar-refractivity contribution in [3.63, 3.8) is 0 Å². The van der Waals surface area contributed by atoms with E-state index < -0.39 is 5.97 Å². The molecule has 1 rings (SSSR count). The lowest BCUT2D eigenvalue weighted by Gasteiger charge is -1.90. The highest BCUT2D eigenvalue weighted by molar-refractivity contribution is 5.84.